The van der Waals surface area contributed by atoms with Crippen LogP contribution in [0.15, 0.2) is 0 Å². The predicted octanol–water partition coefficient (Wildman–Crippen LogP) is 8.53. The summed E-state index contributed by atoms with van der Waals surface area (Å²) >= 11 is 0. The molecule has 0 aromatic carbocycles. The normalized spacial score (nSPS) is 26.2. The van der Waals surface area contributed by atoms with Gasteiger partial charge in [0.05, 0.1) is 0 Å². The predicted molar refractivity (Wildman–Crippen MR) is 169 cm³/mol. The van der Waals surface area contributed by atoms with E-state index < -0.39 is 17.4 Å². The zero-order chi connectivity index (χ0) is 30.1. The van der Waals surface area contributed by atoms with Crippen LogP contribution >= 0.6 is 0 Å². The van der Waals surface area contributed by atoms with Crippen molar-refractivity contribution < 1.29 is 30.6 Å². The van der Waals surface area contributed by atoms with Crippen LogP contribution in [0.4, 0.5) is 0 Å². The SMILES string of the molecule is OC1(O)CCCCCCCCCCCCCCCCCCCCCCCCCCCCCCCCC(O)(O)C1(O)O. The molecule has 0 radical (unpaired) electrons. The number of hydrogen-bond donors (Lipinski definition) is 6. The first kappa shape index (κ1) is 38.8. The van der Waals surface area contributed by atoms with E-state index in [2.05, 4.69) is 0 Å². The number of hydrogen-bond acceptors (Lipinski definition) is 6. The molecule has 0 aromatic rings. The molecular formula is C35H70O6. The Kier molecular flexibility index (Phi) is 22.8. The Balaban J connectivity index is 2.35. The highest BCUT2D eigenvalue weighted by atomic mass is 16.7. The fraction of sp³-hybridized carbons (Fsp3) is 1.00. The molecule has 0 atom stereocenters. The maximum Gasteiger partial charge on any atom is 0.274 e. The second-order valence-electron chi connectivity index (χ2n) is 13.4. The van der Waals surface area contributed by atoms with Crippen LogP contribution in [-0.2, 0) is 0 Å². The third-order valence-corrected chi connectivity index (χ3v) is 9.42. The molecule has 1 aliphatic carbocycles. The van der Waals surface area contributed by atoms with E-state index in [0.717, 1.165) is 38.5 Å². The van der Waals surface area contributed by atoms with Gasteiger partial charge in [-0.25, -0.2) is 0 Å². The zero-order valence-corrected chi connectivity index (χ0v) is 26.8. The molecule has 0 aliphatic heterocycles. The fourth-order valence-electron chi connectivity index (χ4n) is 6.36. The van der Waals surface area contributed by atoms with E-state index in [1.54, 1.807) is 0 Å². The van der Waals surface area contributed by atoms with Crippen molar-refractivity contribution >= 4 is 0 Å². The van der Waals surface area contributed by atoms with Crippen molar-refractivity contribution in [3.05, 3.63) is 0 Å². The maximum atomic E-state index is 10.3. The van der Waals surface area contributed by atoms with Gasteiger partial charge in [0.15, 0.2) is 0 Å². The molecule has 41 heavy (non-hydrogen) atoms. The van der Waals surface area contributed by atoms with Gasteiger partial charge in [0.25, 0.3) is 5.79 Å². The lowest BCUT2D eigenvalue weighted by atomic mass is 9.88. The van der Waals surface area contributed by atoms with Crippen molar-refractivity contribution in [2.24, 2.45) is 0 Å². The molecule has 0 saturated heterocycles. The van der Waals surface area contributed by atoms with Gasteiger partial charge in [-0.15, -0.1) is 0 Å². The van der Waals surface area contributed by atoms with Gasteiger partial charge in [-0.2, -0.15) is 0 Å². The molecule has 6 heteroatoms. The number of aliphatic hydroxyl groups is 6. The van der Waals surface area contributed by atoms with Crippen LogP contribution in [0.1, 0.15) is 205 Å². The molecule has 1 aliphatic rings. The van der Waals surface area contributed by atoms with Gasteiger partial charge in [-0.3, -0.25) is 0 Å². The zero-order valence-electron chi connectivity index (χ0n) is 26.8. The molecule has 0 spiro atoms. The van der Waals surface area contributed by atoms with Crippen LogP contribution in [0, 0.1) is 0 Å². The van der Waals surface area contributed by atoms with E-state index in [-0.39, 0.29) is 12.8 Å². The lowest BCUT2D eigenvalue weighted by Crippen LogP contribution is -2.68. The molecule has 0 heterocycles. The molecular weight excluding hydrogens is 516 g/mol. The Labute approximate surface area is 253 Å². The van der Waals surface area contributed by atoms with E-state index in [9.17, 15) is 30.6 Å². The largest absolute Gasteiger partial charge is 0.361 e. The molecule has 1 rings (SSSR count). The molecule has 6 N–H and O–H groups in total. The van der Waals surface area contributed by atoms with Gasteiger partial charge >= 0.3 is 0 Å². The van der Waals surface area contributed by atoms with Crippen LogP contribution in [0.3, 0.4) is 0 Å². The quantitative estimate of drug-likeness (QED) is 0.158. The molecule has 246 valence electrons. The number of rotatable bonds is 0. The summed E-state index contributed by atoms with van der Waals surface area (Å²) in [5.74, 6) is -9.37. The minimum absolute atomic E-state index is 0.317. The Bertz CT molecular complexity index is 529. The van der Waals surface area contributed by atoms with Gasteiger partial charge in [-0.1, -0.05) is 180 Å². The molecule has 1 saturated carbocycles. The molecule has 0 aromatic heterocycles. The van der Waals surface area contributed by atoms with Crippen molar-refractivity contribution in [1.82, 2.24) is 0 Å². The second kappa shape index (κ2) is 24.1. The Morgan fingerprint density at radius 1 is 0.195 bits per heavy atom. The Morgan fingerprint density at radius 2 is 0.317 bits per heavy atom. The van der Waals surface area contributed by atoms with E-state index in [0.29, 0.717) is 12.8 Å². The maximum absolute atomic E-state index is 10.3. The van der Waals surface area contributed by atoms with E-state index in [1.807, 2.05) is 0 Å². The molecule has 0 unspecified atom stereocenters. The van der Waals surface area contributed by atoms with E-state index in [1.165, 1.54) is 141 Å². The lowest BCUT2D eigenvalue weighted by Gasteiger charge is -2.43. The highest BCUT2D eigenvalue weighted by molar-refractivity contribution is 4.93. The summed E-state index contributed by atoms with van der Waals surface area (Å²) < 4.78 is 0. The van der Waals surface area contributed by atoms with Crippen LogP contribution in [0.2, 0.25) is 0 Å². The van der Waals surface area contributed by atoms with Crippen LogP contribution in [0.25, 0.3) is 0 Å². The third-order valence-electron chi connectivity index (χ3n) is 9.42. The van der Waals surface area contributed by atoms with Crippen molar-refractivity contribution in [3.8, 4) is 0 Å². The van der Waals surface area contributed by atoms with Crippen molar-refractivity contribution in [2.75, 3.05) is 0 Å². The summed E-state index contributed by atoms with van der Waals surface area (Å²) in [5, 5.41) is 62.0. The van der Waals surface area contributed by atoms with E-state index in [4.69, 9.17) is 0 Å². The van der Waals surface area contributed by atoms with Crippen molar-refractivity contribution in [2.45, 2.75) is 223 Å². The molecule has 0 amide bonds. The molecule has 0 bridgehead atoms. The lowest BCUT2D eigenvalue weighted by molar-refractivity contribution is -0.454. The summed E-state index contributed by atoms with van der Waals surface area (Å²) in [6.45, 7) is 0. The van der Waals surface area contributed by atoms with E-state index >= 15 is 0 Å². The molecule has 6 nitrogen and oxygen atoms in total. The monoisotopic (exact) mass is 587 g/mol. The first-order valence-electron chi connectivity index (χ1n) is 18.0. The van der Waals surface area contributed by atoms with Crippen molar-refractivity contribution in [1.29, 1.82) is 0 Å². The average molecular weight is 587 g/mol. The minimum Gasteiger partial charge on any atom is -0.361 e. The van der Waals surface area contributed by atoms with Gasteiger partial charge in [-0.05, 0) is 12.8 Å². The third kappa shape index (κ3) is 18.9. The summed E-state index contributed by atoms with van der Waals surface area (Å²) in [4.78, 5) is 0. The fourth-order valence-corrected chi connectivity index (χ4v) is 6.36. The summed E-state index contributed by atoms with van der Waals surface area (Å²) in [7, 11) is 0. The minimum atomic E-state index is -3.41. The molecule has 1 fully saturated rings. The highest BCUT2D eigenvalue weighted by Gasteiger charge is 2.60. The van der Waals surface area contributed by atoms with Crippen molar-refractivity contribution in [3.63, 3.8) is 0 Å². The topological polar surface area (TPSA) is 121 Å². The standard InChI is InChI=1S/C35H70O6/c36-33(37)31-29-27-25-23-21-19-17-15-13-11-9-7-5-3-1-2-4-6-8-10-12-14-16-18-20-22-24-26-28-30-32-34(38,39)35(33,40)41/h36-41H,1-32H2. The highest BCUT2D eigenvalue weighted by Crippen LogP contribution is 2.35. The second-order valence-corrected chi connectivity index (χ2v) is 13.4. The summed E-state index contributed by atoms with van der Waals surface area (Å²) in [6, 6.07) is 0. The Morgan fingerprint density at radius 3 is 0.463 bits per heavy atom. The smallest absolute Gasteiger partial charge is 0.274 e. The van der Waals surface area contributed by atoms with Gasteiger partial charge in [0.2, 0.25) is 11.6 Å². The first-order chi connectivity index (χ1) is 19.7. The van der Waals surface area contributed by atoms with Gasteiger partial charge in [0, 0.05) is 12.8 Å². The van der Waals surface area contributed by atoms with Gasteiger partial charge in [0.1, 0.15) is 0 Å². The van der Waals surface area contributed by atoms with Crippen LogP contribution in [-0.4, -0.2) is 48.0 Å². The van der Waals surface area contributed by atoms with Gasteiger partial charge < -0.3 is 30.6 Å². The first-order valence-corrected chi connectivity index (χ1v) is 18.0. The van der Waals surface area contributed by atoms with Crippen LogP contribution in [0.5, 0.6) is 0 Å². The summed E-state index contributed by atoms with van der Waals surface area (Å²) in [5.41, 5.74) is 0. The Hall–Kier alpha value is -0.240. The van der Waals surface area contributed by atoms with Crippen LogP contribution < -0.4 is 0 Å². The average Bonchev–Trinajstić information content (AvgIpc) is 2.93. The summed E-state index contributed by atoms with van der Waals surface area (Å²) in [6.07, 6.45) is 35.1.